The largest absolute Gasteiger partial charge is 0.497 e. The second kappa shape index (κ2) is 7.61. The summed E-state index contributed by atoms with van der Waals surface area (Å²) in [6, 6.07) is 6.36. The van der Waals surface area contributed by atoms with Gasteiger partial charge in [-0.05, 0) is 30.2 Å². The van der Waals surface area contributed by atoms with Gasteiger partial charge in [0, 0.05) is 0 Å². The van der Waals surface area contributed by atoms with Crippen molar-refractivity contribution in [1.29, 1.82) is 0 Å². The highest BCUT2D eigenvalue weighted by Crippen LogP contribution is 2.35. The van der Waals surface area contributed by atoms with Gasteiger partial charge in [-0.2, -0.15) is 0 Å². The van der Waals surface area contributed by atoms with E-state index in [0.29, 0.717) is 23.5 Å². The number of carboxylic acids is 1. The van der Waals surface area contributed by atoms with Crippen molar-refractivity contribution in [3.63, 3.8) is 0 Å². The number of hydrogen-bond donors (Lipinski definition) is 1. The fourth-order valence-electron chi connectivity index (χ4n) is 2.27. The molecule has 1 saturated heterocycles. The van der Waals surface area contributed by atoms with Gasteiger partial charge in [0.25, 0.3) is 5.91 Å². The number of ether oxygens (including phenoxy) is 1. The summed E-state index contributed by atoms with van der Waals surface area (Å²) in [6.07, 6.45) is 2.73. The first-order valence-electron chi connectivity index (χ1n) is 7.11. The Kier molecular flexibility index (Phi) is 5.79. The average molecular weight is 351 g/mol. The van der Waals surface area contributed by atoms with Gasteiger partial charge in [0.1, 0.15) is 16.1 Å². The molecule has 0 aliphatic carbocycles. The lowest BCUT2D eigenvalue weighted by molar-refractivity contribution is -0.145. The monoisotopic (exact) mass is 351 g/mol. The molecule has 0 spiro atoms. The normalized spacial score (nSPS) is 17.7. The van der Waals surface area contributed by atoms with Crippen LogP contribution in [0.5, 0.6) is 5.75 Å². The van der Waals surface area contributed by atoms with Crippen molar-refractivity contribution in [3.05, 3.63) is 34.7 Å². The summed E-state index contributed by atoms with van der Waals surface area (Å²) in [5, 5.41) is 9.35. The maximum atomic E-state index is 12.6. The van der Waals surface area contributed by atoms with E-state index in [9.17, 15) is 14.7 Å². The van der Waals surface area contributed by atoms with Crippen LogP contribution in [-0.4, -0.2) is 39.4 Å². The zero-order chi connectivity index (χ0) is 17.0. The summed E-state index contributed by atoms with van der Waals surface area (Å²) in [5.41, 5.74) is 0.798. The zero-order valence-corrected chi connectivity index (χ0v) is 14.4. The van der Waals surface area contributed by atoms with Gasteiger partial charge >= 0.3 is 5.97 Å². The van der Waals surface area contributed by atoms with E-state index in [0.717, 1.165) is 17.3 Å². The number of nitrogens with zero attached hydrogens (tertiary/aromatic N) is 1. The molecule has 122 valence electrons. The van der Waals surface area contributed by atoms with Crippen LogP contribution in [0.1, 0.15) is 25.3 Å². The van der Waals surface area contributed by atoms with Crippen LogP contribution < -0.4 is 4.74 Å². The Hall–Kier alpha value is -1.86. The number of thioether (sulfide) groups is 1. The van der Waals surface area contributed by atoms with Crippen molar-refractivity contribution in [2.75, 3.05) is 7.11 Å². The maximum Gasteiger partial charge on any atom is 0.326 e. The van der Waals surface area contributed by atoms with E-state index in [1.165, 1.54) is 4.90 Å². The Labute approximate surface area is 144 Å². The van der Waals surface area contributed by atoms with Crippen LogP contribution in [0.25, 0.3) is 6.08 Å². The van der Waals surface area contributed by atoms with Gasteiger partial charge in [0.2, 0.25) is 0 Å². The van der Waals surface area contributed by atoms with Gasteiger partial charge in [0.05, 0.1) is 12.0 Å². The predicted octanol–water partition coefficient (Wildman–Crippen LogP) is 3.15. The van der Waals surface area contributed by atoms with Crippen molar-refractivity contribution >= 4 is 46.3 Å². The number of carbonyl (C=O) groups is 2. The van der Waals surface area contributed by atoms with Crippen LogP contribution in [0.2, 0.25) is 0 Å². The van der Waals surface area contributed by atoms with Gasteiger partial charge in [0.15, 0.2) is 0 Å². The minimum absolute atomic E-state index is 0.282. The SMILES string of the molecule is CCC[C@H](C(=O)O)N1C(=O)/C(=C\c2cccc(OC)c2)SC1=S. The molecule has 0 radical (unpaired) electrons. The maximum absolute atomic E-state index is 12.6. The van der Waals surface area contributed by atoms with Crippen LogP contribution in [0, 0.1) is 0 Å². The van der Waals surface area contributed by atoms with E-state index in [1.54, 1.807) is 19.3 Å². The molecule has 1 aliphatic rings. The molecule has 1 fully saturated rings. The molecule has 1 atom stereocenters. The Morgan fingerprint density at radius 2 is 2.26 bits per heavy atom. The second-order valence-electron chi connectivity index (χ2n) is 4.97. The number of hydrogen-bond acceptors (Lipinski definition) is 5. The second-order valence-corrected chi connectivity index (χ2v) is 6.65. The smallest absolute Gasteiger partial charge is 0.326 e. The molecular formula is C16H17NO4S2. The van der Waals surface area contributed by atoms with Gasteiger partial charge < -0.3 is 9.84 Å². The van der Waals surface area contributed by atoms with Crippen molar-refractivity contribution < 1.29 is 19.4 Å². The predicted molar refractivity (Wildman–Crippen MR) is 94.3 cm³/mol. The Bertz CT molecular complexity index is 672. The van der Waals surface area contributed by atoms with E-state index in [1.807, 2.05) is 25.1 Å². The fourth-order valence-corrected chi connectivity index (χ4v) is 3.62. The molecule has 2 rings (SSSR count). The summed E-state index contributed by atoms with van der Waals surface area (Å²) >= 11 is 6.33. The molecule has 1 aromatic rings. The molecule has 1 aromatic carbocycles. The summed E-state index contributed by atoms with van der Waals surface area (Å²) in [6.45, 7) is 1.87. The summed E-state index contributed by atoms with van der Waals surface area (Å²) in [7, 11) is 1.57. The van der Waals surface area contributed by atoms with Crippen molar-refractivity contribution in [2.45, 2.75) is 25.8 Å². The standard InChI is InChI=1S/C16H17NO4S2/c1-3-5-12(15(19)20)17-14(18)13(23-16(17)22)9-10-6-4-7-11(8-10)21-2/h4,6-9,12H,3,5H2,1-2H3,(H,19,20)/b13-9+/t12-/m1/s1. The molecule has 0 bridgehead atoms. The number of rotatable bonds is 6. The van der Waals surface area contributed by atoms with E-state index in [4.69, 9.17) is 17.0 Å². The Balaban J connectivity index is 2.29. The summed E-state index contributed by atoms with van der Waals surface area (Å²) in [4.78, 5) is 25.6. The lowest BCUT2D eigenvalue weighted by atomic mass is 10.1. The van der Waals surface area contributed by atoms with Gasteiger partial charge in [-0.3, -0.25) is 9.69 Å². The minimum atomic E-state index is -1.04. The lowest BCUT2D eigenvalue weighted by Gasteiger charge is -2.22. The molecule has 5 nitrogen and oxygen atoms in total. The molecule has 0 aromatic heterocycles. The van der Waals surface area contributed by atoms with E-state index < -0.39 is 12.0 Å². The quantitative estimate of drug-likeness (QED) is 0.627. The van der Waals surface area contributed by atoms with Gasteiger partial charge in [-0.25, -0.2) is 4.79 Å². The number of methoxy groups -OCH3 is 1. The highest BCUT2D eigenvalue weighted by Gasteiger charge is 2.39. The minimum Gasteiger partial charge on any atom is -0.497 e. The van der Waals surface area contributed by atoms with Crippen LogP contribution in [0.3, 0.4) is 0 Å². The third-order valence-corrected chi connectivity index (χ3v) is 4.70. The van der Waals surface area contributed by atoms with Crippen LogP contribution in [0.15, 0.2) is 29.2 Å². The number of amides is 1. The van der Waals surface area contributed by atoms with Gasteiger partial charge in [-0.1, -0.05) is 49.5 Å². The van der Waals surface area contributed by atoms with Crippen LogP contribution in [-0.2, 0) is 9.59 Å². The van der Waals surface area contributed by atoms with Crippen molar-refractivity contribution in [1.82, 2.24) is 4.90 Å². The van der Waals surface area contributed by atoms with Gasteiger partial charge in [-0.15, -0.1) is 0 Å². The number of aliphatic carboxylic acids is 1. The first-order valence-corrected chi connectivity index (χ1v) is 8.34. The molecule has 7 heteroatoms. The first kappa shape index (κ1) is 17.5. The molecule has 1 amide bonds. The third kappa shape index (κ3) is 3.92. The molecular weight excluding hydrogens is 334 g/mol. The number of carboxylic acid groups (broad SMARTS) is 1. The topological polar surface area (TPSA) is 66.8 Å². The highest BCUT2D eigenvalue weighted by molar-refractivity contribution is 8.26. The molecule has 1 aliphatic heterocycles. The Morgan fingerprint density at radius 3 is 2.87 bits per heavy atom. The fraction of sp³-hybridized carbons (Fsp3) is 0.312. The number of benzene rings is 1. The number of carbonyl (C=O) groups excluding carboxylic acids is 1. The van der Waals surface area contributed by atoms with E-state index >= 15 is 0 Å². The number of thiocarbonyl (C=S) groups is 1. The first-order chi connectivity index (χ1) is 11.0. The van der Waals surface area contributed by atoms with Crippen molar-refractivity contribution in [2.24, 2.45) is 0 Å². The molecule has 23 heavy (non-hydrogen) atoms. The van der Waals surface area contributed by atoms with Crippen LogP contribution >= 0.6 is 24.0 Å². The molecule has 1 N–H and O–H groups in total. The highest BCUT2D eigenvalue weighted by atomic mass is 32.2. The molecule has 1 heterocycles. The Morgan fingerprint density at radius 1 is 1.52 bits per heavy atom. The lowest BCUT2D eigenvalue weighted by Crippen LogP contribution is -2.43. The van der Waals surface area contributed by atoms with Crippen molar-refractivity contribution in [3.8, 4) is 5.75 Å². The molecule has 0 unspecified atom stereocenters. The zero-order valence-electron chi connectivity index (χ0n) is 12.8. The van der Waals surface area contributed by atoms with E-state index in [2.05, 4.69) is 0 Å². The van der Waals surface area contributed by atoms with E-state index in [-0.39, 0.29) is 10.2 Å². The molecule has 0 saturated carbocycles. The summed E-state index contributed by atoms with van der Waals surface area (Å²) in [5.74, 6) is -0.710. The third-order valence-electron chi connectivity index (χ3n) is 3.37. The average Bonchev–Trinajstić information content (AvgIpc) is 2.79. The van der Waals surface area contributed by atoms with Crippen LogP contribution in [0.4, 0.5) is 0 Å². The summed E-state index contributed by atoms with van der Waals surface area (Å²) < 4.78 is 5.44.